The zero-order valence-electron chi connectivity index (χ0n) is 21.2. The lowest BCUT2D eigenvalue weighted by molar-refractivity contribution is -0.135. The minimum absolute atomic E-state index is 0.00402. The van der Waals surface area contributed by atoms with Crippen LogP contribution in [0.2, 0.25) is 0 Å². The number of ketones is 1. The minimum Gasteiger partial charge on any atom is -0.507 e. The number of hydrogen-bond acceptors (Lipinski definition) is 8. The first-order valence-electron chi connectivity index (χ1n) is 12.7. The van der Waals surface area contributed by atoms with E-state index in [0.717, 1.165) is 0 Å². The van der Waals surface area contributed by atoms with E-state index in [1.165, 1.54) is 0 Å². The molecule has 0 saturated heterocycles. The van der Waals surface area contributed by atoms with Gasteiger partial charge in [0.2, 0.25) is 0 Å². The summed E-state index contributed by atoms with van der Waals surface area (Å²) in [6.45, 7) is 1.49. The van der Waals surface area contributed by atoms with Crippen LogP contribution < -0.4 is 15.2 Å². The standard InChI is InChI=1S/C29H31NO8/c1-17-6-5-9-20(31)8-4-2-3-7-19-14-23-27(28(34)26(19)29(35)37-17)22(15-25(33)38-23)18-10-12-21(13-11-18)36-16-24(30)32/h3,7,10-14,17,22,34H,2,4-6,8-9,15-16H2,1H3,(H2,30,32)/b7-3+/t17-,22?/m0/s1. The Labute approximate surface area is 220 Å². The van der Waals surface area contributed by atoms with E-state index in [2.05, 4.69) is 0 Å². The van der Waals surface area contributed by atoms with Gasteiger partial charge < -0.3 is 25.1 Å². The molecule has 38 heavy (non-hydrogen) atoms. The van der Waals surface area contributed by atoms with E-state index in [-0.39, 0.29) is 35.9 Å². The van der Waals surface area contributed by atoms with Crippen molar-refractivity contribution < 1.29 is 38.5 Å². The first-order valence-corrected chi connectivity index (χ1v) is 12.7. The van der Waals surface area contributed by atoms with Crippen molar-refractivity contribution in [2.45, 2.75) is 63.9 Å². The van der Waals surface area contributed by atoms with Crippen molar-refractivity contribution in [1.29, 1.82) is 0 Å². The highest BCUT2D eigenvalue weighted by Gasteiger charge is 2.35. The average molecular weight is 522 g/mol. The molecular formula is C29H31NO8. The number of aromatic hydroxyl groups is 1. The maximum Gasteiger partial charge on any atom is 0.342 e. The van der Waals surface area contributed by atoms with Gasteiger partial charge in [-0.1, -0.05) is 24.3 Å². The van der Waals surface area contributed by atoms with Gasteiger partial charge in [0, 0.05) is 24.3 Å². The SMILES string of the molecule is C[C@H]1CCCC(=O)CCC/C=C/c2cc3c(c(O)c2C(=O)O1)C(c1ccc(OCC(N)=O)cc1)CC(=O)O3. The Morgan fingerprint density at radius 2 is 1.87 bits per heavy atom. The molecule has 0 aromatic heterocycles. The van der Waals surface area contributed by atoms with Gasteiger partial charge in [0.25, 0.3) is 5.91 Å². The Hall–Kier alpha value is -4.14. The Morgan fingerprint density at radius 3 is 2.61 bits per heavy atom. The van der Waals surface area contributed by atoms with Crippen LogP contribution in [0.4, 0.5) is 0 Å². The first-order chi connectivity index (χ1) is 18.2. The van der Waals surface area contributed by atoms with E-state index in [0.29, 0.717) is 61.0 Å². The number of esters is 2. The van der Waals surface area contributed by atoms with Crippen LogP contribution in [0.25, 0.3) is 6.08 Å². The molecule has 0 aliphatic carbocycles. The summed E-state index contributed by atoms with van der Waals surface area (Å²) >= 11 is 0. The summed E-state index contributed by atoms with van der Waals surface area (Å²) in [5.41, 5.74) is 6.50. The Balaban J connectivity index is 1.74. The van der Waals surface area contributed by atoms with Crippen LogP contribution >= 0.6 is 0 Å². The number of amides is 1. The molecule has 1 unspecified atom stereocenters. The normalized spacial score (nSPS) is 21.2. The summed E-state index contributed by atoms with van der Waals surface area (Å²) < 4.78 is 16.4. The fourth-order valence-corrected chi connectivity index (χ4v) is 4.75. The van der Waals surface area contributed by atoms with Crippen molar-refractivity contribution in [1.82, 2.24) is 0 Å². The molecule has 200 valence electrons. The van der Waals surface area contributed by atoms with E-state index >= 15 is 0 Å². The number of Topliss-reactive ketones (excluding diaryl/α,β-unsaturated/α-hetero) is 1. The Bertz CT molecular complexity index is 1260. The maximum absolute atomic E-state index is 13.3. The summed E-state index contributed by atoms with van der Waals surface area (Å²) in [5, 5.41) is 11.4. The summed E-state index contributed by atoms with van der Waals surface area (Å²) in [6.07, 6.45) is 6.36. The molecule has 2 aromatic carbocycles. The van der Waals surface area contributed by atoms with Crippen LogP contribution in [-0.2, 0) is 19.1 Å². The second kappa shape index (κ2) is 11.9. The molecule has 0 bridgehead atoms. The van der Waals surface area contributed by atoms with Crippen LogP contribution in [0.3, 0.4) is 0 Å². The molecule has 2 atom stereocenters. The van der Waals surface area contributed by atoms with Crippen LogP contribution in [0.15, 0.2) is 36.4 Å². The minimum atomic E-state index is -0.688. The highest BCUT2D eigenvalue weighted by atomic mass is 16.5. The van der Waals surface area contributed by atoms with E-state index in [1.54, 1.807) is 43.3 Å². The zero-order chi connectivity index (χ0) is 27.2. The molecule has 9 nitrogen and oxygen atoms in total. The molecule has 0 saturated carbocycles. The first kappa shape index (κ1) is 26.9. The summed E-state index contributed by atoms with van der Waals surface area (Å²) in [4.78, 5) is 48.9. The fourth-order valence-electron chi connectivity index (χ4n) is 4.75. The number of cyclic esters (lactones) is 1. The second-order valence-electron chi connectivity index (χ2n) is 9.60. The highest BCUT2D eigenvalue weighted by molar-refractivity contribution is 5.98. The van der Waals surface area contributed by atoms with Gasteiger partial charge in [-0.2, -0.15) is 0 Å². The average Bonchev–Trinajstić information content (AvgIpc) is 2.86. The number of primary amides is 1. The van der Waals surface area contributed by atoms with Crippen molar-refractivity contribution in [2.24, 2.45) is 5.73 Å². The van der Waals surface area contributed by atoms with E-state index in [4.69, 9.17) is 19.9 Å². The van der Waals surface area contributed by atoms with Gasteiger partial charge in [0.05, 0.1) is 12.5 Å². The predicted octanol–water partition coefficient (Wildman–Crippen LogP) is 4.18. The van der Waals surface area contributed by atoms with Crippen molar-refractivity contribution in [3.8, 4) is 17.2 Å². The molecule has 1 amide bonds. The number of phenols is 1. The third-order valence-corrected chi connectivity index (χ3v) is 6.64. The number of benzene rings is 2. The number of nitrogens with two attached hydrogens (primary N) is 1. The molecule has 9 heteroatoms. The van der Waals surface area contributed by atoms with Crippen LogP contribution in [0.5, 0.6) is 17.2 Å². The quantitative estimate of drug-likeness (QED) is 0.451. The van der Waals surface area contributed by atoms with Crippen LogP contribution in [0.1, 0.15) is 84.8 Å². The summed E-state index contributed by atoms with van der Waals surface area (Å²) in [7, 11) is 0. The summed E-state index contributed by atoms with van der Waals surface area (Å²) in [5.74, 6) is -1.88. The molecule has 0 radical (unpaired) electrons. The van der Waals surface area contributed by atoms with Crippen molar-refractivity contribution in [2.75, 3.05) is 6.61 Å². The van der Waals surface area contributed by atoms with Gasteiger partial charge in [-0.15, -0.1) is 0 Å². The highest BCUT2D eigenvalue weighted by Crippen LogP contribution is 2.47. The monoisotopic (exact) mass is 521 g/mol. The smallest absolute Gasteiger partial charge is 0.342 e. The van der Waals surface area contributed by atoms with Crippen molar-refractivity contribution in [3.05, 3.63) is 58.7 Å². The molecule has 2 heterocycles. The van der Waals surface area contributed by atoms with Gasteiger partial charge in [-0.25, -0.2) is 4.79 Å². The molecule has 4 rings (SSSR count). The Kier molecular flexibility index (Phi) is 8.45. The third kappa shape index (κ3) is 6.40. The van der Waals surface area contributed by atoms with E-state index in [1.807, 2.05) is 6.08 Å². The lowest BCUT2D eigenvalue weighted by atomic mass is 9.83. The zero-order valence-corrected chi connectivity index (χ0v) is 21.2. The molecule has 0 fully saturated rings. The number of carbonyl (C=O) groups is 4. The lowest BCUT2D eigenvalue weighted by Crippen LogP contribution is -2.23. The van der Waals surface area contributed by atoms with Gasteiger partial charge >= 0.3 is 11.9 Å². The van der Waals surface area contributed by atoms with Crippen molar-refractivity contribution >= 4 is 29.7 Å². The number of fused-ring (bicyclic) bond motifs is 2. The topological polar surface area (TPSA) is 142 Å². The van der Waals surface area contributed by atoms with Crippen molar-refractivity contribution in [3.63, 3.8) is 0 Å². The number of rotatable bonds is 4. The second-order valence-corrected chi connectivity index (χ2v) is 9.60. The van der Waals surface area contributed by atoms with Gasteiger partial charge in [0.1, 0.15) is 28.6 Å². The van der Waals surface area contributed by atoms with E-state index < -0.39 is 29.9 Å². The van der Waals surface area contributed by atoms with Gasteiger partial charge in [-0.05, 0) is 61.9 Å². The number of carbonyl (C=O) groups excluding carboxylic acids is 4. The van der Waals surface area contributed by atoms with Crippen LogP contribution in [0, 0.1) is 0 Å². The number of allylic oxidation sites excluding steroid dienone is 1. The van der Waals surface area contributed by atoms with E-state index in [9.17, 15) is 24.3 Å². The number of phenolic OH excluding ortho intramolecular Hbond substituents is 1. The fraction of sp³-hybridized carbons (Fsp3) is 0.379. The number of hydrogen-bond donors (Lipinski definition) is 2. The molecular weight excluding hydrogens is 490 g/mol. The van der Waals surface area contributed by atoms with Crippen LogP contribution in [-0.4, -0.2) is 41.4 Å². The number of ether oxygens (including phenoxy) is 3. The predicted molar refractivity (Wildman–Crippen MR) is 138 cm³/mol. The largest absolute Gasteiger partial charge is 0.507 e. The summed E-state index contributed by atoms with van der Waals surface area (Å²) in [6, 6.07) is 8.28. The molecule has 3 N–H and O–H groups in total. The molecule has 2 aliphatic heterocycles. The third-order valence-electron chi connectivity index (χ3n) is 6.64. The molecule has 2 aromatic rings. The molecule has 2 aliphatic rings. The van der Waals surface area contributed by atoms with Gasteiger partial charge in [-0.3, -0.25) is 14.4 Å². The van der Waals surface area contributed by atoms with Gasteiger partial charge in [0.15, 0.2) is 6.61 Å². The molecule has 0 spiro atoms. The lowest BCUT2D eigenvalue weighted by Gasteiger charge is -2.28. The Morgan fingerprint density at radius 1 is 1.13 bits per heavy atom. The maximum atomic E-state index is 13.3.